The van der Waals surface area contributed by atoms with Crippen LogP contribution in [0.2, 0.25) is 0 Å². The van der Waals surface area contributed by atoms with E-state index in [1.54, 1.807) is 0 Å². The number of benzene rings is 2. The van der Waals surface area contributed by atoms with Gasteiger partial charge in [-0.15, -0.1) is 0 Å². The monoisotopic (exact) mass is 801 g/mol. The molecule has 17 nitrogen and oxygen atoms in total. The van der Waals surface area contributed by atoms with Gasteiger partial charge in [0.05, 0.1) is 32.7 Å². The average molecular weight is 802 g/mol. The summed E-state index contributed by atoms with van der Waals surface area (Å²) in [5.41, 5.74) is 3.18. The molecule has 0 saturated carbocycles. The molecule has 0 aliphatic carbocycles. The largest absolute Gasteiger partial charge is 0.480 e. The van der Waals surface area contributed by atoms with Crippen LogP contribution in [0.1, 0.15) is 36.8 Å². The van der Waals surface area contributed by atoms with Crippen molar-refractivity contribution in [2.24, 2.45) is 0 Å². The predicted octanol–water partition coefficient (Wildman–Crippen LogP) is 0.926. The Kier molecular flexibility index (Phi) is 19.8. The Balaban J connectivity index is 1.68. The molecule has 19 heteroatoms. The first kappa shape index (κ1) is 44.4. The zero-order chi connectivity index (χ0) is 40.0. The standard InChI is InChI=1S/C36H51N9O8S2/c46-30-21-44(24-33(50)51)17-15-43(23-32(48)49)16-18-45(25-34(52)53)22-31(47)40-20-27-7-11-29(12-8-27)42-36(55)38-14-4-2-1-3-13-37-35(54)41-28-9-5-26(6-10-28)19-39-30/h5-12H,1-4,13-25H2,(H,39,46)(H,40,47)(H,48,49)(H,50,51)(H,52,53)(H2,37,41,54)(H2,38,42,55). The first-order valence-electron chi connectivity index (χ1n) is 18.0. The van der Waals surface area contributed by atoms with Crippen molar-refractivity contribution in [2.75, 3.05) is 82.6 Å². The van der Waals surface area contributed by atoms with Gasteiger partial charge in [0.1, 0.15) is 0 Å². The lowest BCUT2D eigenvalue weighted by atomic mass is 10.2. The third-order valence-electron chi connectivity index (χ3n) is 8.35. The molecule has 9 N–H and O–H groups in total. The van der Waals surface area contributed by atoms with Crippen LogP contribution < -0.4 is 31.9 Å². The van der Waals surface area contributed by atoms with Gasteiger partial charge in [0, 0.05) is 63.7 Å². The second kappa shape index (κ2) is 24.5. The number of nitrogens with zero attached hydrogens (tertiary/aromatic N) is 3. The van der Waals surface area contributed by atoms with Crippen LogP contribution in [0, 0.1) is 0 Å². The maximum absolute atomic E-state index is 12.8. The second-order valence-electron chi connectivity index (χ2n) is 13.0. The molecule has 55 heavy (non-hydrogen) atoms. The Hall–Kier alpha value is -4.95. The summed E-state index contributed by atoms with van der Waals surface area (Å²) in [5.74, 6) is -4.31. The van der Waals surface area contributed by atoms with E-state index in [1.807, 2.05) is 48.5 Å². The van der Waals surface area contributed by atoms with Gasteiger partial charge in [0.2, 0.25) is 11.8 Å². The number of hydrogen-bond acceptors (Lipinski definition) is 10. The van der Waals surface area contributed by atoms with Crippen LogP contribution in [0.4, 0.5) is 11.4 Å². The normalized spacial score (nSPS) is 17.9. The molecule has 0 saturated heterocycles. The maximum Gasteiger partial charge on any atom is 0.317 e. The summed E-state index contributed by atoms with van der Waals surface area (Å²) in [5, 5.41) is 47.8. The van der Waals surface area contributed by atoms with Crippen LogP contribution in [0.15, 0.2) is 48.5 Å². The SMILES string of the molecule is O=C(O)CN1CCN(CC(=O)O)CC(=O)NCc2ccc(cc2)NC(=S)NCCCCCCNC(=S)Nc2ccc(cc2)CNC(=O)CN(CC(=O)O)CC1. The number of aliphatic carboxylic acids is 3. The third-order valence-corrected chi connectivity index (χ3v) is 8.85. The van der Waals surface area contributed by atoms with Gasteiger partial charge in [-0.3, -0.25) is 38.7 Å². The lowest BCUT2D eigenvalue weighted by Crippen LogP contribution is -2.47. The summed E-state index contributed by atoms with van der Waals surface area (Å²) in [4.78, 5) is 64.8. The second-order valence-corrected chi connectivity index (χ2v) is 13.8. The van der Waals surface area contributed by atoms with Gasteiger partial charge in [0.15, 0.2) is 10.2 Å². The number of carboxylic acids is 3. The zero-order valence-electron chi connectivity index (χ0n) is 30.7. The van der Waals surface area contributed by atoms with Gasteiger partial charge in [0.25, 0.3) is 0 Å². The van der Waals surface area contributed by atoms with Crippen LogP contribution in [-0.2, 0) is 37.1 Å². The van der Waals surface area contributed by atoms with E-state index in [9.17, 15) is 39.3 Å². The summed E-state index contributed by atoms with van der Waals surface area (Å²) in [6.45, 7) is 0.222. The molecule has 4 heterocycles. The van der Waals surface area contributed by atoms with Gasteiger partial charge in [-0.05, 0) is 72.7 Å². The van der Waals surface area contributed by atoms with Crippen molar-refractivity contribution in [2.45, 2.75) is 38.8 Å². The maximum atomic E-state index is 12.8. The summed E-state index contributed by atoms with van der Waals surface area (Å²) in [7, 11) is 0. The van der Waals surface area contributed by atoms with E-state index < -0.39 is 49.4 Å². The Morgan fingerprint density at radius 3 is 1.24 bits per heavy atom. The van der Waals surface area contributed by atoms with Gasteiger partial charge < -0.3 is 47.2 Å². The molecule has 4 aliphatic heterocycles. The fraction of sp³-hybridized carbons (Fsp3) is 0.472. The summed E-state index contributed by atoms with van der Waals surface area (Å²) in [6.07, 6.45) is 3.93. The molecule has 4 aliphatic rings. The van der Waals surface area contributed by atoms with Crippen molar-refractivity contribution < 1.29 is 39.3 Å². The highest BCUT2D eigenvalue weighted by atomic mass is 32.1. The van der Waals surface area contributed by atoms with Crippen LogP contribution in [-0.4, -0.2) is 142 Å². The molecule has 0 aromatic heterocycles. The molecule has 0 fully saturated rings. The van der Waals surface area contributed by atoms with E-state index in [-0.39, 0.29) is 52.4 Å². The minimum Gasteiger partial charge on any atom is -0.480 e. The van der Waals surface area contributed by atoms with Crippen molar-refractivity contribution in [1.29, 1.82) is 0 Å². The van der Waals surface area contributed by atoms with Gasteiger partial charge >= 0.3 is 17.9 Å². The predicted molar refractivity (Wildman–Crippen MR) is 216 cm³/mol. The van der Waals surface area contributed by atoms with Crippen LogP contribution >= 0.6 is 24.4 Å². The number of hydrogen-bond donors (Lipinski definition) is 9. The first-order chi connectivity index (χ1) is 26.3. The van der Waals surface area contributed by atoms with E-state index in [4.69, 9.17) is 24.4 Å². The van der Waals surface area contributed by atoms with Gasteiger partial charge in [-0.25, -0.2) is 0 Å². The molecule has 0 unspecified atom stereocenters. The van der Waals surface area contributed by atoms with Crippen LogP contribution in [0.25, 0.3) is 0 Å². The highest BCUT2D eigenvalue weighted by molar-refractivity contribution is 7.80. The van der Waals surface area contributed by atoms with Crippen molar-refractivity contribution >= 4 is 75.8 Å². The van der Waals surface area contributed by atoms with Crippen molar-refractivity contribution in [3.05, 3.63) is 59.7 Å². The quantitative estimate of drug-likeness (QED) is 0.185. The molecule has 2 amide bonds. The van der Waals surface area contributed by atoms with E-state index >= 15 is 0 Å². The Morgan fingerprint density at radius 2 is 0.873 bits per heavy atom. The number of carboxylic acid groups (broad SMARTS) is 3. The highest BCUT2D eigenvalue weighted by Gasteiger charge is 2.20. The fourth-order valence-corrected chi connectivity index (χ4v) is 5.97. The third kappa shape index (κ3) is 19.8. The lowest BCUT2D eigenvalue weighted by Gasteiger charge is -2.28. The fourth-order valence-electron chi connectivity index (χ4n) is 5.53. The molecule has 0 spiro atoms. The molecule has 300 valence electrons. The number of amides is 2. The topological polar surface area (TPSA) is 228 Å². The molecule has 2 aromatic rings. The Morgan fingerprint density at radius 1 is 0.527 bits per heavy atom. The summed E-state index contributed by atoms with van der Waals surface area (Å²) < 4.78 is 0. The minimum atomic E-state index is -1.16. The minimum absolute atomic E-state index is 0.0390. The van der Waals surface area contributed by atoms with E-state index in [0.717, 1.165) is 61.3 Å². The van der Waals surface area contributed by atoms with Crippen LogP contribution in [0.3, 0.4) is 0 Å². The zero-order valence-corrected chi connectivity index (χ0v) is 32.3. The highest BCUT2D eigenvalue weighted by Crippen LogP contribution is 2.11. The molecular weight excluding hydrogens is 751 g/mol. The Labute approximate surface area is 331 Å². The molecule has 2 aromatic carbocycles. The summed E-state index contributed by atoms with van der Waals surface area (Å²) in [6, 6.07) is 14.7. The van der Waals surface area contributed by atoms with Gasteiger partial charge in [-0.2, -0.15) is 0 Å². The Bertz CT molecular complexity index is 1490. The van der Waals surface area contributed by atoms with Gasteiger partial charge in [-0.1, -0.05) is 37.1 Å². The number of carbonyl (C=O) groups is 5. The summed E-state index contributed by atoms with van der Waals surface area (Å²) >= 11 is 10.8. The van der Waals surface area contributed by atoms with Crippen molar-refractivity contribution in [1.82, 2.24) is 36.0 Å². The van der Waals surface area contributed by atoms with Crippen molar-refractivity contribution in [3.8, 4) is 0 Å². The molecule has 6 rings (SSSR count). The van der Waals surface area contributed by atoms with Crippen LogP contribution in [0.5, 0.6) is 0 Å². The van der Waals surface area contributed by atoms with Crippen molar-refractivity contribution in [3.63, 3.8) is 0 Å². The van der Waals surface area contributed by atoms with E-state index in [1.165, 1.54) is 14.7 Å². The number of carbonyl (C=O) groups excluding carboxylic acids is 2. The number of thiocarbonyl (C=S) groups is 2. The number of nitrogens with one attached hydrogen (secondary N) is 6. The number of rotatable bonds is 6. The van der Waals surface area contributed by atoms with E-state index in [2.05, 4.69) is 31.9 Å². The average Bonchev–Trinajstić information content (AvgIpc) is 3.12. The smallest absolute Gasteiger partial charge is 0.317 e. The number of anilines is 2. The molecule has 0 radical (unpaired) electrons. The first-order valence-corrected chi connectivity index (χ1v) is 18.8. The lowest BCUT2D eigenvalue weighted by molar-refractivity contribution is -0.141. The van der Waals surface area contributed by atoms with E-state index in [0.29, 0.717) is 10.2 Å². The molecule has 4 bridgehead atoms. The molecular formula is C36H51N9O8S2. The molecule has 0 atom stereocenters.